The van der Waals surface area contributed by atoms with E-state index in [4.69, 9.17) is 5.73 Å². The second-order valence-electron chi connectivity index (χ2n) is 7.76. The van der Waals surface area contributed by atoms with Gasteiger partial charge in [-0.25, -0.2) is 0 Å². The van der Waals surface area contributed by atoms with Gasteiger partial charge in [0.15, 0.2) is 0 Å². The lowest BCUT2D eigenvalue weighted by molar-refractivity contribution is -0.133. The standard InChI is InChI=1S/C19H30N2O3/c1-12(2)10-16(22)18(24)21-15(17(20)23)11-13-6-8-14(9-7-13)19(3,4)5/h6-9,12,15-16,22H,10-11H2,1-5H3,(H2,20,23)(H,21,24)/t15-,16+/m1/s1. The minimum atomic E-state index is -1.13. The van der Waals surface area contributed by atoms with E-state index in [1.165, 1.54) is 5.56 Å². The normalized spacial score (nSPS) is 14.3. The molecule has 0 saturated carbocycles. The fourth-order valence-corrected chi connectivity index (χ4v) is 2.42. The number of benzene rings is 1. The lowest BCUT2D eigenvalue weighted by atomic mass is 9.86. The van der Waals surface area contributed by atoms with E-state index < -0.39 is 24.0 Å². The zero-order chi connectivity index (χ0) is 18.5. The number of carbonyl (C=O) groups is 2. The van der Waals surface area contributed by atoms with Crippen molar-refractivity contribution in [3.63, 3.8) is 0 Å². The number of rotatable bonds is 7. The summed E-state index contributed by atoms with van der Waals surface area (Å²) in [6.45, 7) is 10.2. The van der Waals surface area contributed by atoms with Crippen LogP contribution in [-0.2, 0) is 21.4 Å². The van der Waals surface area contributed by atoms with Gasteiger partial charge in [0.25, 0.3) is 0 Å². The topological polar surface area (TPSA) is 92.4 Å². The molecule has 0 bridgehead atoms. The maximum absolute atomic E-state index is 12.0. The Morgan fingerprint density at radius 2 is 1.71 bits per heavy atom. The van der Waals surface area contributed by atoms with Crippen molar-refractivity contribution < 1.29 is 14.7 Å². The van der Waals surface area contributed by atoms with Crippen LogP contribution in [0.4, 0.5) is 0 Å². The zero-order valence-electron chi connectivity index (χ0n) is 15.3. The van der Waals surface area contributed by atoms with Crippen LogP contribution in [0.25, 0.3) is 0 Å². The van der Waals surface area contributed by atoms with E-state index >= 15 is 0 Å². The third-order valence-electron chi connectivity index (χ3n) is 3.92. The van der Waals surface area contributed by atoms with Gasteiger partial charge < -0.3 is 16.2 Å². The predicted molar refractivity (Wildman–Crippen MR) is 95.4 cm³/mol. The van der Waals surface area contributed by atoms with Gasteiger partial charge >= 0.3 is 0 Å². The van der Waals surface area contributed by atoms with Gasteiger partial charge in [0.05, 0.1) is 0 Å². The summed E-state index contributed by atoms with van der Waals surface area (Å²) >= 11 is 0. The Morgan fingerprint density at radius 3 is 2.12 bits per heavy atom. The molecular weight excluding hydrogens is 304 g/mol. The average Bonchev–Trinajstić information content (AvgIpc) is 2.45. The van der Waals surface area contributed by atoms with Gasteiger partial charge in [-0.05, 0) is 28.9 Å². The third-order valence-corrected chi connectivity index (χ3v) is 3.92. The van der Waals surface area contributed by atoms with Crippen LogP contribution in [0.3, 0.4) is 0 Å². The molecular formula is C19H30N2O3. The van der Waals surface area contributed by atoms with Crippen molar-refractivity contribution in [2.75, 3.05) is 0 Å². The molecule has 2 atom stereocenters. The predicted octanol–water partition coefficient (Wildman–Crippen LogP) is 1.90. The fraction of sp³-hybridized carbons (Fsp3) is 0.579. The van der Waals surface area contributed by atoms with Crippen LogP contribution in [0, 0.1) is 5.92 Å². The van der Waals surface area contributed by atoms with Gasteiger partial charge in [0, 0.05) is 6.42 Å². The van der Waals surface area contributed by atoms with E-state index in [-0.39, 0.29) is 11.3 Å². The first kappa shape index (κ1) is 20.2. The highest BCUT2D eigenvalue weighted by Gasteiger charge is 2.23. The number of amides is 2. The zero-order valence-corrected chi connectivity index (χ0v) is 15.3. The lowest BCUT2D eigenvalue weighted by Crippen LogP contribution is -2.49. The van der Waals surface area contributed by atoms with Crippen LogP contribution in [0.5, 0.6) is 0 Å². The molecule has 1 aromatic carbocycles. The molecule has 24 heavy (non-hydrogen) atoms. The molecule has 0 spiro atoms. The van der Waals surface area contributed by atoms with Crippen LogP contribution in [0.15, 0.2) is 24.3 Å². The minimum absolute atomic E-state index is 0.0524. The summed E-state index contributed by atoms with van der Waals surface area (Å²) in [5.41, 5.74) is 7.55. The number of hydrogen-bond donors (Lipinski definition) is 3. The Labute approximate surface area is 144 Å². The molecule has 134 valence electrons. The summed E-state index contributed by atoms with van der Waals surface area (Å²) < 4.78 is 0. The maximum Gasteiger partial charge on any atom is 0.249 e. The first-order valence-electron chi connectivity index (χ1n) is 8.38. The highest BCUT2D eigenvalue weighted by Crippen LogP contribution is 2.22. The van der Waals surface area contributed by atoms with Crippen molar-refractivity contribution in [3.05, 3.63) is 35.4 Å². The first-order valence-corrected chi connectivity index (χ1v) is 8.38. The highest BCUT2D eigenvalue weighted by atomic mass is 16.3. The number of aliphatic hydroxyl groups excluding tert-OH is 1. The maximum atomic E-state index is 12.0. The molecule has 4 N–H and O–H groups in total. The van der Waals surface area contributed by atoms with E-state index in [0.717, 1.165) is 5.56 Å². The Hall–Kier alpha value is -1.88. The van der Waals surface area contributed by atoms with Gasteiger partial charge in [-0.1, -0.05) is 58.9 Å². The van der Waals surface area contributed by atoms with Crippen LogP contribution < -0.4 is 11.1 Å². The summed E-state index contributed by atoms with van der Waals surface area (Å²) in [6, 6.07) is 7.08. The molecule has 0 fully saturated rings. The molecule has 1 rings (SSSR count). The number of nitrogens with one attached hydrogen (secondary N) is 1. The van der Waals surface area contributed by atoms with Crippen molar-refractivity contribution in [2.45, 2.75) is 65.0 Å². The quantitative estimate of drug-likeness (QED) is 0.711. The van der Waals surface area contributed by atoms with E-state index in [1.54, 1.807) is 0 Å². The van der Waals surface area contributed by atoms with Gasteiger partial charge in [0.2, 0.25) is 11.8 Å². The van der Waals surface area contributed by atoms with Crippen LogP contribution in [0.2, 0.25) is 0 Å². The Balaban J connectivity index is 2.76. The molecule has 5 nitrogen and oxygen atoms in total. The summed E-state index contributed by atoms with van der Waals surface area (Å²) in [7, 11) is 0. The van der Waals surface area contributed by atoms with E-state index in [9.17, 15) is 14.7 Å². The second kappa shape index (κ2) is 8.29. The third kappa shape index (κ3) is 6.32. The number of carbonyl (C=O) groups excluding carboxylic acids is 2. The molecule has 1 aromatic rings. The Kier molecular flexibility index (Phi) is 6.96. The lowest BCUT2D eigenvalue weighted by Gasteiger charge is -2.21. The molecule has 2 amide bonds. The summed E-state index contributed by atoms with van der Waals surface area (Å²) in [6.07, 6.45) is -0.479. The van der Waals surface area contributed by atoms with Crippen LogP contribution >= 0.6 is 0 Å². The largest absolute Gasteiger partial charge is 0.383 e. The smallest absolute Gasteiger partial charge is 0.249 e. The molecule has 0 heterocycles. The molecule has 0 aliphatic carbocycles. The first-order chi connectivity index (χ1) is 11.0. The van der Waals surface area contributed by atoms with Crippen LogP contribution in [0.1, 0.15) is 52.2 Å². The molecule has 0 aliphatic rings. The van der Waals surface area contributed by atoms with E-state index in [1.807, 2.05) is 38.1 Å². The van der Waals surface area contributed by atoms with Crippen molar-refractivity contribution in [2.24, 2.45) is 11.7 Å². The van der Waals surface area contributed by atoms with Gasteiger partial charge in [-0.3, -0.25) is 9.59 Å². The van der Waals surface area contributed by atoms with Crippen molar-refractivity contribution >= 4 is 11.8 Å². The summed E-state index contributed by atoms with van der Waals surface area (Å²) in [4.78, 5) is 23.6. The van der Waals surface area contributed by atoms with Gasteiger partial charge in [-0.15, -0.1) is 0 Å². The van der Waals surface area contributed by atoms with Gasteiger partial charge in [0.1, 0.15) is 12.1 Å². The SMILES string of the molecule is CC(C)C[C@H](O)C(=O)N[C@H](Cc1ccc(C(C)(C)C)cc1)C(N)=O. The van der Waals surface area contributed by atoms with Crippen molar-refractivity contribution in [1.29, 1.82) is 0 Å². The number of aliphatic hydroxyl groups is 1. The average molecular weight is 334 g/mol. The Bertz CT molecular complexity index is 559. The molecule has 0 aliphatic heterocycles. The van der Waals surface area contributed by atoms with E-state index in [2.05, 4.69) is 26.1 Å². The number of nitrogens with two attached hydrogens (primary N) is 1. The van der Waals surface area contributed by atoms with Crippen molar-refractivity contribution in [3.8, 4) is 0 Å². The molecule has 0 radical (unpaired) electrons. The monoisotopic (exact) mass is 334 g/mol. The second-order valence-corrected chi connectivity index (χ2v) is 7.76. The summed E-state index contributed by atoms with van der Waals surface area (Å²) in [5.74, 6) is -0.985. The minimum Gasteiger partial charge on any atom is -0.383 e. The summed E-state index contributed by atoms with van der Waals surface area (Å²) in [5, 5.41) is 12.4. The van der Waals surface area contributed by atoms with Gasteiger partial charge in [-0.2, -0.15) is 0 Å². The van der Waals surface area contributed by atoms with Crippen LogP contribution in [-0.4, -0.2) is 29.1 Å². The van der Waals surface area contributed by atoms with E-state index in [0.29, 0.717) is 12.8 Å². The van der Waals surface area contributed by atoms with Crippen molar-refractivity contribution in [1.82, 2.24) is 5.32 Å². The number of primary amides is 1. The highest BCUT2D eigenvalue weighted by molar-refractivity contribution is 5.88. The number of hydrogen-bond acceptors (Lipinski definition) is 3. The fourth-order valence-electron chi connectivity index (χ4n) is 2.42. The molecule has 0 unspecified atom stereocenters. The molecule has 5 heteroatoms. The molecule has 0 saturated heterocycles. The Morgan fingerprint density at radius 1 is 1.17 bits per heavy atom. The molecule has 0 aromatic heterocycles.